The second-order valence-corrected chi connectivity index (χ2v) is 8.29. The van der Waals surface area contributed by atoms with Crippen LogP contribution < -0.4 is 10.6 Å². The molecule has 1 fully saturated rings. The van der Waals surface area contributed by atoms with Crippen LogP contribution in [0.3, 0.4) is 0 Å². The highest BCUT2D eigenvalue weighted by Crippen LogP contribution is 2.45. The lowest BCUT2D eigenvalue weighted by atomic mass is 9.67. The molecule has 5 heteroatoms. The van der Waals surface area contributed by atoms with Crippen molar-refractivity contribution in [3.05, 3.63) is 64.2 Å². The molecule has 1 spiro atoms. The molecule has 0 aromatic heterocycles. The molecule has 1 aliphatic heterocycles. The third-order valence-electron chi connectivity index (χ3n) is 6.02. The van der Waals surface area contributed by atoms with E-state index in [1.165, 1.54) is 24.8 Å². The number of para-hydroxylation sites is 1. The number of carbonyl (C=O) groups excluding carboxylic acids is 1. The fourth-order valence-electron chi connectivity index (χ4n) is 4.57. The van der Waals surface area contributed by atoms with Crippen molar-refractivity contribution in [3.63, 3.8) is 0 Å². The van der Waals surface area contributed by atoms with Gasteiger partial charge in [0.25, 0.3) is 5.91 Å². The molecule has 28 heavy (non-hydrogen) atoms. The normalized spacial score (nSPS) is 19.1. The van der Waals surface area contributed by atoms with E-state index in [4.69, 9.17) is 16.6 Å². The first kappa shape index (κ1) is 19.0. The van der Waals surface area contributed by atoms with Crippen molar-refractivity contribution >= 4 is 29.0 Å². The van der Waals surface area contributed by atoms with Crippen LogP contribution in [0.4, 0.5) is 5.69 Å². The Kier molecular flexibility index (Phi) is 5.40. The number of carbonyl (C=O) groups is 1. The van der Waals surface area contributed by atoms with E-state index in [1.54, 1.807) is 7.05 Å². The van der Waals surface area contributed by atoms with Gasteiger partial charge in [0.05, 0.1) is 17.8 Å². The van der Waals surface area contributed by atoms with Gasteiger partial charge >= 0.3 is 0 Å². The van der Waals surface area contributed by atoms with Gasteiger partial charge in [-0.1, -0.05) is 55.1 Å². The van der Waals surface area contributed by atoms with Crippen molar-refractivity contribution in [1.29, 1.82) is 0 Å². The molecule has 0 bridgehead atoms. The summed E-state index contributed by atoms with van der Waals surface area (Å²) in [5.41, 5.74) is 3.94. The van der Waals surface area contributed by atoms with Gasteiger partial charge < -0.3 is 10.6 Å². The summed E-state index contributed by atoms with van der Waals surface area (Å²) in [6.07, 6.45) is 6.95. The van der Waals surface area contributed by atoms with Gasteiger partial charge in [-0.05, 0) is 48.6 Å². The first-order chi connectivity index (χ1) is 13.6. The number of hydrogen-bond acceptors (Lipinski definition) is 2. The van der Waals surface area contributed by atoms with Crippen LogP contribution in [0.15, 0.2) is 47.5 Å². The van der Waals surface area contributed by atoms with Gasteiger partial charge in [-0.3, -0.25) is 9.79 Å². The third-order valence-corrected chi connectivity index (χ3v) is 6.25. The minimum Gasteiger partial charge on any atom is -0.355 e. The van der Waals surface area contributed by atoms with Crippen LogP contribution in [0.5, 0.6) is 0 Å². The first-order valence-electron chi connectivity index (χ1n) is 10.0. The predicted octanol–water partition coefficient (Wildman–Crippen LogP) is 5.22. The summed E-state index contributed by atoms with van der Waals surface area (Å²) >= 11 is 6.14. The van der Waals surface area contributed by atoms with E-state index in [9.17, 15) is 4.79 Å². The molecule has 1 amide bonds. The molecule has 0 unspecified atom stereocenters. The highest BCUT2D eigenvalue weighted by molar-refractivity contribution is 6.30. The van der Waals surface area contributed by atoms with E-state index in [1.807, 2.05) is 30.3 Å². The lowest BCUT2D eigenvalue weighted by molar-refractivity contribution is 0.0963. The third kappa shape index (κ3) is 3.66. The molecule has 2 aliphatic rings. The number of amidine groups is 1. The van der Waals surface area contributed by atoms with Crippen LogP contribution in [0.1, 0.15) is 53.6 Å². The summed E-state index contributed by atoms with van der Waals surface area (Å²) in [6.45, 7) is 0.585. The molecule has 0 saturated heterocycles. The average molecular weight is 396 g/mol. The zero-order valence-electron chi connectivity index (χ0n) is 16.2. The van der Waals surface area contributed by atoms with Crippen molar-refractivity contribution in [1.82, 2.24) is 5.32 Å². The van der Waals surface area contributed by atoms with Crippen LogP contribution in [0.25, 0.3) is 0 Å². The zero-order chi connectivity index (χ0) is 19.6. The molecule has 2 aromatic rings. The molecule has 4 rings (SSSR count). The van der Waals surface area contributed by atoms with Crippen molar-refractivity contribution in [2.24, 2.45) is 10.4 Å². The molecule has 1 saturated carbocycles. The number of fused-ring (bicyclic) bond motifs is 1. The summed E-state index contributed by atoms with van der Waals surface area (Å²) in [4.78, 5) is 17.4. The van der Waals surface area contributed by atoms with Gasteiger partial charge in [-0.25, -0.2) is 0 Å². The second kappa shape index (κ2) is 7.96. The number of amides is 1. The lowest BCUT2D eigenvalue weighted by Gasteiger charge is -2.43. The molecule has 0 atom stereocenters. The van der Waals surface area contributed by atoms with Crippen molar-refractivity contribution < 1.29 is 4.79 Å². The largest absolute Gasteiger partial charge is 0.355 e. The van der Waals surface area contributed by atoms with E-state index >= 15 is 0 Å². The van der Waals surface area contributed by atoms with Gasteiger partial charge in [0, 0.05) is 17.5 Å². The Hall–Kier alpha value is -2.33. The van der Waals surface area contributed by atoms with Gasteiger partial charge in [0.2, 0.25) is 0 Å². The van der Waals surface area contributed by atoms with Gasteiger partial charge in [0.15, 0.2) is 0 Å². The Labute approximate surface area is 171 Å². The van der Waals surface area contributed by atoms with Crippen LogP contribution in [0, 0.1) is 5.41 Å². The Morgan fingerprint density at radius 3 is 2.71 bits per heavy atom. The maximum Gasteiger partial charge on any atom is 0.253 e. The maximum absolute atomic E-state index is 12.4. The number of rotatable bonds is 3. The fraction of sp³-hybridized carbons (Fsp3) is 0.391. The maximum atomic E-state index is 12.4. The van der Waals surface area contributed by atoms with E-state index in [0.29, 0.717) is 12.1 Å². The molecule has 0 radical (unpaired) electrons. The number of nitrogens with one attached hydrogen (secondary N) is 2. The molecular formula is C23H26ClN3O. The van der Waals surface area contributed by atoms with Gasteiger partial charge in [-0.2, -0.15) is 0 Å². The summed E-state index contributed by atoms with van der Waals surface area (Å²) in [5.74, 6) is 0.953. The van der Waals surface area contributed by atoms with Gasteiger partial charge in [-0.15, -0.1) is 0 Å². The second-order valence-electron chi connectivity index (χ2n) is 7.86. The van der Waals surface area contributed by atoms with Crippen molar-refractivity contribution in [3.8, 4) is 0 Å². The van der Waals surface area contributed by atoms with E-state index in [-0.39, 0.29) is 11.3 Å². The Balaban J connectivity index is 1.73. The van der Waals surface area contributed by atoms with E-state index < -0.39 is 0 Å². The molecule has 4 nitrogen and oxygen atoms in total. The van der Waals surface area contributed by atoms with Crippen LogP contribution in [-0.2, 0) is 13.0 Å². The Morgan fingerprint density at radius 2 is 1.96 bits per heavy atom. The van der Waals surface area contributed by atoms with Crippen molar-refractivity contribution in [2.45, 2.75) is 45.1 Å². The average Bonchev–Trinajstić information content (AvgIpc) is 2.72. The lowest BCUT2D eigenvalue weighted by Crippen LogP contribution is -2.44. The first-order valence-corrected chi connectivity index (χ1v) is 10.4. The minimum atomic E-state index is -0.0712. The molecular weight excluding hydrogens is 370 g/mol. The number of anilines is 1. The number of halogens is 1. The number of benzene rings is 2. The molecule has 2 N–H and O–H groups in total. The number of nitrogens with zero attached hydrogens (tertiary/aromatic N) is 1. The summed E-state index contributed by atoms with van der Waals surface area (Å²) < 4.78 is 0. The zero-order valence-corrected chi connectivity index (χ0v) is 17.0. The Bertz CT molecular complexity index is 916. The smallest absolute Gasteiger partial charge is 0.253 e. The molecule has 1 heterocycles. The summed E-state index contributed by atoms with van der Waals surface area (Å²) in [7, 11) is 1.67. The fourth-order valence-corrected chi connectivity index (χ4v) is 4.79. The SMILES string of the molecule is CNC(=O)c1cccc2c1NC(=NCc1cccc(Cl)c1)C1(CCCCC1)C2. The van der Waals surface area contributed by atoms with Crippen molar-refractivity contribution in [2.75, 3.05) is 12.4 Å². The standard InChI is InChI=1S/C23H26ClN3O/c1-25-21(28)19-10-6-8-17-14-23(11-3-2-4-12-23)22(27-20(17)19)26-15-16-7-5-9-18(24)13-16/h5-10,13H,2-4,11-12,14-15H2,1H3,(H,25,28)(H,26,27). The summed E-state index contributed by atoms with van der Waals surface area (Å²) in [6, 6.07) is 13.8. The van der Waals surface area contributed by atoms with E-state index in [2.05, 4.69) is 22.8 Å². The molecule has 146 valence electrons. The highest BCUT2D eigenvalue weighted by Gasteiger charge is 2.41. The van der Waals surface area contributed by atoms with Crippen LogP contribution >= 0.6 is 11.6 Å². The Morgan fingerprint density at radius 1 is 1.18 bits per heavy atom. The van der Waals surface area contributed by atoms with Gasteiger partial charge in [0.1, 0.15) is 5.84 Å². The topological polar surface area (TPSA) is 53.5 Å². The quantitative estimate of drug-likeness (QED) is 0.748. The number of aliphatic imine (C=N–C) groups is 1. The summed E-state index contributed by atoms with van der Waals surface area (Å²) in [5, 5.41) is 7.06. The van der Waals surface area contributed by atoms with Crippen LogP contribution in [-0.4, -0.2) is 18.8 Å². The predicted molar refractivity (Wildman–Crippen MR) is 115 cm³/mol. The van der Waals surface area contributed by atoms with E-state index in [0.717, 1.165) is 41.4 Å². The monoisotopic (exact) mass is 395 g/mol. The van der Waals surface area contributed by atoms with Crippen LogP contribution in [0.2, 0.25) is 5.02 Å². The highest BCUT2D eigenvalue weighted by atomic mass is 35.5. The molecule has 1 aliphatic carbocycles. The number of hydrogen-bond donors (Lipinski definition) is 2. The molecule has 2 aromatic carbocycles. The minimum absolute atomic E-state index is 0.0468.